The summed E-state index contributed by atoms with van der Waals surface area (Å²) in [6, 6.07) is 3.94. The van der Waals surface area contributed by atoms with Gasteiger partial charge in [-0.25, -0.2) is 0 Å². The van der Waals surface area contributed by atoms with Gasteiger partial charge in [-0.1, -0.05) is 18.5 Å². The number of thiophene rings is 1. The van der Waals surface area contributed by atoms with Gasteiger partial charge < -0.3 is 10.4 Å². The van der Waals surface area contributed by atoms with E-state index in [2.05, 4.69) is 10.2 Å². The van der Waals surface area contributed by atoms with Gasteiger partial charge in [0.15, 0.2) is 0 Å². The molecule has 1 unspecified atom stereocenters. The van der Waals surface area contributed by atoms with Gasteiger partial charge in [-0.15, -0.1) is 11.3 Å². The molecule has 0 spiro atoms. The first-order chi connectivity index (χ1) is 7.61. The van der Waals surface area contributed by atoms with E-state index in [1.54, 1.807) is 11.3 Å². The van der Waals surface area contributed by atoms with Crippen LogP contribution in [0, 0.1) is 0 Å². The summed E-state index contributed by atoms with van der Waals surface area (Å²) in [6.07, 6.45) is -0.319. The number of aliphatic hydroxyl groups excluding tert-OH is 1. The molecule has 0 aliphatic heterocycles. The molecule has 0 amide bonds. The van der Waals surface area contributed by atoms with Crippen molar-refractivity contribution in [2.45, 2.75) is 19.6 Å². The first-order valence-electron chi connectivity index (χ1n) is 5.43. The lowest BCUT2D eigenvalue weighted by atomic mass is 10.3. The average Bonchev–Trinajstić information content (AvgIpc) is 2.60. The average molecular weight is 263 g/mol. The standard InChI is InChI=1S/C11H19ClN2OS/c1-3-13-6-9(15)7-14(2)8-10-4-5-11(12)16-10/h4-5,9,13,15H,3,6-8H2,1-2H3. The van der Waals surface area contributed by atoms with Gasteiger partial charge in [-0.2, -0.15) is 0 Å². The molecule has 1 aromatic rings. The Hall–Kier alpha value is -0.130. The summed E-state index contributed by atoms with van der Waals surface area (Å²) in [5.41, 5.74) is 0. The largest absolute Gasteiger partial charge is 0.390 e. The smallest absolute Gasteiger partial charge is 0.0931 e. The molecular formula is C11H19ClN2OS. The van der Waals surface area contributed by atoms with Crippen LogP contribution in [0.3, 0.4) is 0 Å². The van der Waals surface area contributed by atoms with Crippen LogP contribution in [0.4, 0.5) is 0 Å². The van der Waals surface area contributed by atoms with Crippen LogP contribution in [0.2, 0.25) is 4.34 Å². The molecule has 0 aliphatic rings. The molecule has 1 rings (SSSR count). The number of likely N-dealkylation sites (N-methyl/N-ethyl adjacent to an activating group) is 2. The Kier molecular flexibility index (Phi) is 6.31. The van der Waals surface area contributed by atoms with Crippen LogP contribution < -0.4 is 5.32 Å². The predicted octanol–water partition coefficient (Wildman–Crippen LogP) is 1.80. The van der Waals surface area contributed by atoms with E-state index in [4.69, 9.17) is 11.6 Å². The summed E-state index contributed by atoms with van der Waals surface area (Å²) in [7, 11) is 2.00. The number of rotatable bonds is 7. The minimum Gasteiger partial charge on any atom is -0.390 e. The van der Waals surface area contributed by atoms with Crippen LogP contribution in [0.15, 0.2) is 12.1 Å². The van der Waals surface area contributed by atoms with E-state index in [1.807, 2.05) is 26.1 Å². The summed E-state index contributed by atoms with van der Waals surface area (Å²) >= 11 is 7.45. The van der Waals surface area contributed by atoms with Gasteiger partial charge in [0.25, 0.3) is 0 Å². The summed E-state index contributed by atoms with van der Waals surface area (Å²) in [6.45, 7) is 5.07. The van der Waals surface area contributed by atoms with Gasteiger partial charge in [0.05, 0.1) is 10.4 Å². The zero-order valence-corrected chi connectivity index (χ0v) is 11.3. The van der Waals surface area contributed by atoms with Gasteiger partial charge >= 0.3 is 0 Å². The molecule has 3 nitrogen and oxygen atoms in total. The lowest BCUT2D eigenvalue weighted by Gasteiger charge is -2.19. The maximum absolute atomic E-state index is 9.71. The number of nitrogens with zero attached hydrogens (tertiary/aromatic N) is 1. The monoisotopic (exact) mass is 262 g/mol. The van der Waals surface area contributed by atoms with E-state index in [0.717, 1.165) is 17.4 Å². The second-order valence-electron chi connectivity index (χ2n) is 3.86. The lowest BCUT2D eigenvalue weighted by molar-refractivity contribution is 0.122. The van der Waals surface area contributed by atoms with Crippen LogP contribution >= 0.6 is 22.9 Å². The molecule has 0 fully saturated rings. The molecule has 0 bridgehead atoms. The van der Waals surface area contributed by atoms with E-state index in [1.165, 1.54) is 4.88 Å². The molecule has 16 heavy (non-hydrogen) atoms. The summed E-state index contributed by atoms with van der Waals surface area (Å²) < 4.78 is 0.816. The Morgan fingerprint density at radius 2 is 2.31 bits per heavy atom. The molecule has 92 valence electrons. The third kappa shape index (κ3) is 5.27. The van der Waals surface area contributed by atoms with Crippen molar-refractivity contribution >= 4 is 22.9 Å². The molecule has 2 N–H and O–H groups in total. The van der Waals surface area contributed by atoms with Crippen molar-refractivity contribution in [1.82, 2.24) is 10.2 Å². The lowest BCUT2D eigenvalue weighted by Crippen LogP contribution is -2.36. The number of hydrogen-bond donors (Lipinski definition) is 2. The molecule has 0 saturated heterocycles. The topological polar surface area (TPSA) is 35.5 Å². The van der Waals surface area contributed by atoms with Crippen molar-refractivity contribution in [3.63, 3.8) is 0 Å². The third-order valence-corrected chi connectivity index (χ3v) is 3.42. The van der Waals surface area contributed by atoms with Crippen LogP contribution in [0.25, 0.3) is 0 Å². The summed E-state index contributed by atoms with van der Waals surface area (Å²) in [4.78, 5) is 3.33. The second-order valence-corrected chi connectivity index (χ2v) is 5.66. The first kappa shape index (κ1) is 13.9. The van der Waals surface area contributed by atoms with Crippen LogP contribution in [-0.4, -0.2) is 42.8 Å². The molecular weight excluding hydrogens is 244 g/mol. The van der Waals surface area contributed by atoms with Gasteiger partial charge in [-0.05, 0) is 25.7 Å². The Morgan fingerprint density at radius 1 is 1.56 bits per heavy atom. The fourth-order valence-electron chi connectivity index (χ4n) is 1.50. The third-order valence-electron chi connectivity index (χ3n) is 2.21. The molecule has 1 heterocycles. The van der Waals surface area contributed by atoms with Gasteiger partial charge in [-0.3, -0.25) is 4.90 Å². The SMILES string of the molecule is CCNCC(O)CN(C)Cc1ccc(Cl)s1. The normalized spacial score (nSPS) is 13.3. The number of halogens is 1. The minimum absolute atomic E-state index is 0.319. The predicted molar refractivity (Wildman–Crippen MR) is 70.2 cm³/mol. The Morgan fingerprint density at radius 3 is 2.88 bits per heavy atom. The van der Waals surface area contributed by atoms with Crippen molar-refractivity contribution in [1.29, 1.82) is 0 Å². The summed E-state index contributed by atoms with van der Waals surface area (Å²) in [5, 5.41) is 12.8. The van der Waals surface area contributed by atoms with E-state index >= 15 is 0 Å². The van der Waals surface area contributed by atoms with Crippen molar-refractivity contribution in [2.75, 3.05) is 26.7 Å². The van der Waals surface area contributed by atoms with E-state index in [-0.39, 0.29) is 6.10 Å². The van der Waals surface area contributed by atoms with Crippen molar-refractivity contribution in [2.24, 2.45) is 0 Å². The van der Waals surface area contributed by atoms with Gasteiger partial charge in [0.1, 0.15) is 0 Å². The number of nitrogens with one attached hydrogen (secondary N) is 1. The number of aliphatic hydroxyl groups is 1. The van der Waals surface area contributed by atoms with E-state index in [9.17, 15) is 5.11 Å². The quantitative estimate of drug-likeness (QED) is 0.787. The Balaban J connectivity index is 2.27. The number of hydrogen-bond acceptors (Lipinski definition) is 4. The zero-order valence-electron chi connectivity index (χ0n) is 9.74. The van der Waals surface area contributed by atoms with Crippen LogP contribution in [-0.2, 0) is 6.54 Å². The van der Waals surface area contributed by atoms with Gasteiger partial charge in [0.2, 0.25) is 0 Å². The van der Waals surface area contributed by atoms with Crippen molar-refractivity contribution in [3.05, 3.63) is 21.3 Å². The fourth-order valence-corrected chi connectivity index (χ4v) is 2.67. The van der Waals surface area contributed by atoms with Crippen LogP contribution in [0.1, 0.15) is 11.8 Å². The zero-order chi connectivity index (χ0) is 12.0. The fraction of sp³-hybridized carbons (Fsp3) is 0.636. The molecule has 0 aliphatic carbocycles. The highest BCUT2D eigenvalue weighted by molar-refractivity contribution is 7.16. The highest BCUT2D eigenvalue weighted by Gasteiger charge is 2.08. The van der Waals surface area contributed by atoms with E-state index in [0.29, 0.717) is 13.1 Å². The molecule has 5 heteroatoms. The Bertz CT molecular complexity index is 306. The molecule has 1 atom stereocenters. The van der Waals surface area contributed by atoms with Crippen molar-refractivity contribution < 1.29 is 5.11 Å². The van der Waals surface area contributed by atoms with E-state index < -0.39 is 0 Å². The summed E-state index contributed by atoms with van der Waals surface area (Å²) in [5.74, 6) is 0. The van der Waals surface area contributed by atoms with Crippen molar-refractivity contribution in [3.8, 4) is 0 Å². The first-order valence-corrected chi connectivity index (χ1v) is 6.62. The Labute approximate surface area is 106 Å². The molecule has 0 saturated carbocycles. The molecule has 0 aromatic carbocycles. The maximum Gasteiger partial charge on any atom is 0.0931 e. The molecule has 1 aromatic heterocycles. The maximum atomic E-state index is 9.71. The minimum atomic E-state index is -0.319. The van der Waals surface area contributed by atoms with Gasteiger partial charge in [0, 0.05) is 24.5 Å². The highest BCUT2D eigenvalue weighted by atomic mass is 35.5. The van der Waals surface area contributed by atoms with Crippen LogP contribution in [0.5, 0.6) is 0 Å². The molecule has 0 radical (unpaired) electrons. The second kappa shape index (κ2) is 7.25. The highest BCUT2D eigenvalue weighted by Crippen LogP contribution is 2.22.